The van der Waals surface area contributed by atoms with Gasteiger partial charge in [-0.3, -0.25) is 9.78 Å². The van der Waals surface area contributed by atoms with E-state index in [1.54, 1.807) is 29.4 Å². The summed E-state index contributed by atoms with van der Waals surface area (Å²) in [5, 5.41) is 3.31. The zero-order valence-corrected chi connectivity index (χ0v) is 16.3. The van der Waals surface area contributed by atoms with E-state index in [1.807, 2.05) is 12.1 Å². The Morgan fingerprint density at radius 1 is 1.26 bits per heavy atom. The summed E-state index contributed by atoms with van der Waals surface area (Å²) in [5.74, 6) is 0.0770. The molecule has 3 heterocycles. The van der Waals surface area contributed by atoms with Crippen LogP contribution in [0, 0.1) is 0 Å². The van der Waals surface area contributed by atoms with Gasteiger partial charge < -0.3 is 10.2 Å². The molecule has 0 spiro atoms. The highest BCUT2D eigenvalue weighted by Gasteiger charge is 2.30. The molecule has 0 radical (unpaired) electrons. The summed E-state index contributed by atoms with van der Waals surface area (Å²) in [7, 11) is -3.10. The smallest absolute Gasteiger partial charge is 0.258 e. The lowest BCUT2D eigenvalue weighted by Gasteiger charge is -2.29. The Kier molecular flexibility index (Phi) is 4.92. The van der Waals surface area contributed by atoms with Crippen molar-refractivity contribution in [1.29, 1.82) is 0 Å². The number of amides is 1. The minimum atomic E-state index is -3.10. The van der Waals surface area contributed by atoms with Crippen LogP contribution >= 0.6 is 11.6 Å². The lowest BCUT2D eigenvalue weighted by Crippen LogP contribution is -2.45. The van der Waals surface area contributed by atoms with Gasteiger partial charge in [0.15, 0.2) is 9.84 Å². The first kappa shape index (κ1) is 18.4. The lowest BCUT2D eigenvalue weighted by atomic mass is 9.98. The number of nitrogens with one attached hydrogen (secondary N) is 1. The number of carbonyl (C=O) groups is 1. The number of nitrogens with zero attached hydrogens (tertiary/aromatic N) is 2. The standard InChI is InChI=1S/C19H20ClN3O3S/c20-15-1-2-18-14(9-15)3-5-23(19(18)24)16-7-13(10-22-11-16)8-17-12-21-4-6-27(17,25)26/h1-2,7,9-11,17,21H,3-6,8,12H2. The normalized spacial score (nSPS) is 21.7. The Labute approximate surface area is 163 Å². The number of hydrogen-bond acceptors (Lipinski definition) is 5. The molecule has 0 aliphatic carbocycles. The number of aromatic nitrogens is 1. The maximum Gasteiger partial charge on any atom is 0.258 e. The summed E-state index contributed by atoms with van der Waals surface area (Å²) in [5.41, 5.74) is 3.11. The van der Waals surface area contributed by atoms with E-state index in [0.717, 1.165) is 11.1 Å². The molecule has 8 heteroatoms. The van der Waals surface area contributed by atoms with Gasteiger partial charge in [0.2, 0.25) is 0 Å². The third kappa shape index (κ3) is 3.72. The zero-order valence-electron chi connectivity index (χ0n) is 14.7. The first-order valence-corrected chi connectivity index (χ1v) is 11.0. The zero-order chi connectivity index (χ0) is 19.0. The molecule has 2 aliphatic heterocycles. The summed E-state index contributed by atoms with van der Waals surface area (Å²) in [6.07, 6.45) is 4.43. The van der Waals surface area contributed by atoms with Gasteiger partial charge in [0.25, 0.3) is 5.91 Å². The van der Waals surface area contributed by atoms with E-state index in [1.165, 1.54) is 0 Å². The van der Waals surface area contributed by atoms with E-state index in [0.29, 0.717) is 48.7 Å². The van der Waals surface area contributed by atoms with Crippen LogP contribution in [-0.4, -0.2) is 49.9 Å². The highest BCUT2D eigenvalue weighted by atomic mass is 35.5. The van der Waals surface area contributed by atoms with Gasteiger partial charge in [0, 0.05) is 36.4 Å². The van der Waals surface area contributed by atoms with Crippen molar-refractivity contribution in [3.63, 3.8) is 0 Å². The molecule has 0 bridgehead atoms. The summed E-state index contributed by atoms with van der Waals surface area (Å²) >= 11 is 6.03. The molecule has 1 aromatic carbocycles. The molecule has 1 unspecified atom stereocenters. The van der Waals surface area contributed by atoms with Crippen LogP contribution in [0.5, 0.6) is 0 Å². The Balaban J connectivity index is 1.58. The maximum atomic E-state index is 12.9. The first-order chi connectivity index (χ1) is 12.9. The molecule has 1 aromatic heterocycles. The van der Waals surface area contributed by atoms with Crippen LogP contribution in [0.4, 0.5) is 5.69 Å². The number of carbonyl (C=O) groups excluding carboxylic acids is 1. The van der Waals surface area contributed by atoms with E-state index in [2.05, 4.69) is 10.3 Å². The fourth-order valence-electron chi connectivity index (χ4n) is 3.67. The summed E-state index contributed by atoms with van der Waals surface area (Å²) in [4.78, 5) is 18.8. The molecule has 0 saturated carbocycles. The minimum absolute atomic E-state index is 0.0844. The van der Waals surface area contributed by atoms with Gasteiger partial charge in [-0.25, -0.2) is 8.42 Å². The summed E-state index contributed by atoms with van der Waals surface area (Å²) in [6.45, 7) is 1.49. The minimum Gasteiger partial charge on any atom is -0.314 e. The quantitative estimate of drug-likeness (QED) is 0.843. The number of pyridine rings is 1. The average Bonchev–Trinajstić information content (AvgIpc) is 2.64. The Hall–Kier alpha value is -1.96. The molecular weight excluding hydrogens is 386 g/mol. The van der Waals surface area contributed by atoms with E-state index >= 15 is 0 Å². The average molecular weight is 406 g/mol. The third-order valence-corrected chi connectivity index (χ3v) is 7.50. The second-order valence-corrected chi connectivity index (χ2v) is 9.79. The highest BCUT2D eigenvalue weighted by molar-refractivity contribution is 7.92. The van der Waals surface area contributed by atoms with Crippen LogP contribution in [0.1, 0.15) is 21.5 Å². The molecule has 1 N–H and O–H groups in total. The van der Waals surface area contributed by atoms with Crippen molar-refractivity contribution in [2.24, 2.45) is 0 Å². The predicted molar refractivity (Wildman–Crippen MR) is 105 cm³/mol. The second-order valence-electron chi connectivity index (χ2n) is 6.96. The second kappa shape index (κ2) is 7.22. The number of fused-ring (bicyclic) bond motifs is 1. The Morgan fingerprint density at radius 3 is 2.93 bits per heavy atom. The fourth-order valence-corrected chi connectivity index (χ4v) is 5.44. The molecule has 1 saturated heterocycles. The number of halogens is 1. The molecule has 1 atom stereocenters. The summed E-state index contributed by atoms with van der Waals surface area (Å²) < 4.78 is 24.5. The highest BCUT2D eigenvalue weighted by Crippen LogP contribution is 2.27. The van der Waals surface area contributed by atoms with E-state index in [-0.39, 0.29) is 11.7 Å². The van der Waals surface area contributed by atoms with Gasteiger partial charge in [-0.1, -0.05) is 11.6 Å². The van der Waals surface area contributed by atoms with Crippen molar-refractivity contribution in [3.8, 4) is 0 Å². The van der Waals surface area contributed by atoms with Crippen LogP contribution in [0.15, 0.2) is 36.7 Å². The Bertz CT molecular complexity index is 993. The molecule has 2 aromatic rings. The van der Waals surface area contributed by atoms with Crippen LogP contribution < -0.4 is 10.2 Å². The maximum absolute atomic E-state index is 12.9. The lowest BCUT2D eigenvalue weighted by molar-refractivity contribution is 0.0980. The number of hydrogen-bond donors (Lipinski definition) is 1. The number of anilines is 1. The molecule has 1 fully saturated rings. The summed E-state index contributed by atoms with van der Waals surface area (Å²) in [6, 6.07) is 7.18. The van der Waals surface area contributed by atoms with Gasteiger partial charge >= 0.3 is 0 Å². The molecule has 4 rings (SSSR count). The van der Waals surface area contributed by atoms with Crippen molar-refractivity contribution in [2.45, 2.75) is 18.1 Å². The van der Waals surface area contributed by atoms with Crippen LogP contribution in [-0.2, 0) is 22.7 Å². The fraction of sp³-hybridized carbons (Fsp3) is 0.368. The molecule has 142 valence electrons. The van der Waals surface area contributed by atoms with Crippen LogP contribution in [0.2, 0.25) is 5.02 Å². The van der Waals surface area contributed by atoms with Gasteiger partial charge in [-0.05, 0) is 48.2 Å². The SMILES string of the molecule is O=C1c2ccc(Cl)cc2CCN1c1cncc(CC2CNCCS2(=O)=O)c1. The molecule has 6 nitrogen and oxygen atoms in total. The van der Waals surface area contributed by atoms with Gasteiger partial charge in [0.05, 0.1) is 22.9 Å². The number of benzene rings is 1. The molecule has 27 heavy (non-hydrogen) atoms. The van der Waals surface area contributed by atoms with Gasteiger partial charge in [-0.15, -0.1) is 0 Å². The number of rotatable bonds is 3. The monoisotopic (exact) mass is 405 g/mol. The van der Waals surface area contributed by atoms with E-state index in [9.17, 15) is 13.2 Å². The Morgan fingerprint density at radius 2 is 2.11 bits per heavy atom. The topological polar surface area (TPSA) is 79.4 Å². The van der Waals surface area contributed by atoms with Crippen molar-refractivity contribution in [1.82, 2.24) is 10.3 Å². The molecular formula is C19H20ClN3O3S. The molecule has 1 amide bonds. The van der Waals surface area contributed by atoms with Crippen molar-refractivity contribution >= 4 is 33.0 Å². The largest absolute Gasteiger partial charge is 0.314 e. The van der Waals surface area contributed by atoms with Crippen LogP contribution in [0.25, 0.3) is 0 Å². The van der Waals surface area contributed by atoms with Crippen molar-refractivity contribution in [2.75, 3.05) is 30.3 Å². The van der Waals surface area contributed by atoms with Crippen molar-refractivity contribution in [3.05, 3.63) is 58.4 Å². The van der Waals surface area contributed by atoms with E-state index in [4.69, 9.17) is 11.6 Å². The van der Waals surface area contributed by atoms with Crippen LogP contribution in [0.3, 0.4) is 0 Å². The number of sulfone groups is 1. The third-order valence-electron chi connectivity index (χ3n) is 5.15. The van der Waals surface area contributed by atoms with Crippen molar-refractivity contribution < 1.29 is 13.2 Å². The first-order valence-electron chi connectivity index (χ1n) is 8.90. The molecule has 2 aliphatic rings. The van der Waals surface area contributed by atoms with Gasteiger partial charge in [0.1, 0.15) is 0 Å². The van der Waals surface area contributed by atoms with E-state index < -0.39 is 15.1 Å². The predicted octanol–water partition coefficient (Wildman–Crippen LogP) is 1.87. The van der Waals surface area contributed by atoms with Gasteiger partial charge in [-0.2, -0.15) is 0 Å².